The average Bonchev–Trinajstić information content (AvgIpc) is 2.59. The summed E-state index contributed by atoms with van der Waals surface area (Å²) in [5.41, 5.74) is 0.123. The van der Waals surface area contributed by atoms with E-state index in [0.29, 0.717) is 37.6 Å². The topological polar surface area (TPSA) is 55.8 Å². The normalized spacial score (nSPS) is 17.0. The molecule has 0 aromatic heterocycles. The van der Waals surface area contributed by atoms with Crippen LogP contribution in [-0.4, -0.2) is 42.3 Å². The number of ether oxygens (including phenoxy) is 2. The number of carbonyl (C=O) groups excluding carboxylic acids is 2. The van der Waals surface area contributed by atoms with Crippen molar-refractivity contribution in [3.8, 4) is 0 Å². The van der Waals surface area contributed by atoms with Gasteiger partial charge in [0.2, 0.25) is 0 Å². The Balaban J connectivity index is 2.21. The standard InChI is InChI=1S/C21H28ClNO4/c1-5-26-18(24)9-10-21(16-7-6-8-17(22)15-16)11-13-23(14-12-21)19(25)27-20(2,3)4/h6-10,15H,5,11-14H2,1-4H3/b10-9+. The molecule has 27 heavy (non-hydrogen) atoms. The molecule has 1 heterocycles. The van der Waals surface area contributed by atoms with Crippen LogP contribution in [0.4, 0.5) is 4.79 Å². The van der Waals surface area contributed by atoms with Gasteiger partial charge >= 0.3 is 12.1 Å². The molecule has 0 saturated carbocycles. The van der Waals surface area contributed by atoms with E-state index in [1.54, 1.807) is 11.8 Å². The maximum atomic E-state index is 12.4. The van der Waals surface area contributed by atoms with Crippen LogP contribution in [0.5, 0.6) is 0 Å². The molecule has 0 N–H and O–H groups in total. The maximum Gasteiger partial charge on any atom is 0.410 e. The monoisotopic (exact) mass is 393 g/mol. The Morgan fingerprint density at radius 2 is 1.93 bits per heavy atom. The molecule has 0 radical (unpaired) electrons. The van der Waals surface area contributed by atoms with Gasteiger partial charge in [-0.15, -0.1) is 0 Å². The van der Waals surface area contributed by atoms with Crippen molar-refractivity contribution in [1.82, 2.24) is 4.90 Å². The van der Waals surface area contributed by atoms with E-state index < -0.39 is 5.60 Å². The Kier molecular flexibility index (Phi) is 6.93. The number of amides is 1. The first kappa shape index (κ1) is 21.3. The first-order chi connectivity index (χ1) is 12.6. The molecule has 1 aliphatic rings. The molecule has 0 atom stereocenters. The van der Waals surface area contributed by atoms with E-state index in [1.165, 1.54) is 6.08 Å². The zero-order valence-corrected chi connectivity index (χ0v) is 17.2. The summed E-state index contributed by atoms with van der Waals surface area (Å²) < 4.78 is 10.5. The van der Waals surface area contributed by atoms with Gasteiger partial charge in [-0.1, -0.05) is 29.8 Å². The van der Waals surface area contributed by atoms with Crippen LogP contribution >= 0.6 is 11.6 Å². The van der Waals surface area contributed by atoms with Crippen molar-refractivity contribution >= 4 is 23.7 Å². The molecule has 1 saturated heterocycles. The molecule has 148 valence electrons. The van der Waals surface area contributed by atoms with Crippen LogP contribution in [0.15, 0.2) is 36.4 Å². The second-order valence-corrected chi connectivity index (χ2v) is 8.16. The van der Waals surface area contributed by atoms with E-state index in [1.807, 2.05) is 51.1 Å². The number of carbonyl (C=O) groups is 2. The molecular weight excluding hydrogens is 366 g/mol. The van der Waals surface area contributed by atoms with Gasteiger partial charge in [0.05, 0.1) is 6.61 Å². The van der Waals surface area contributed by atoms with Gasteiger partial charge < -0.3 is 14.4 Å². The number of hydrogen-bond donors (Lipinski definition) is 0. The molecule has 5 nitrogen and oxygen atoms in total. The number of rotatable bonds is 4. The van der Waals surface area contributed by atoms with Gasteiger partial charge in [-0.05, 0) is 58.2 Å². The summed E-state index contributed by atoms with van der Waals surface area (Å²) in [5.74, 6) is -0.367. The van der Waals surface area contributed by atoms with Crippen LogP contribution in [0, 0.1) is 0 Å². The molecule has 0 bridgehead atoms. The second-order valence-electron chi connectivity index (χ2n) is 7.72. The number of benzene rings is 1. The third kappa shape index (κ3) is 5.99. The summed E-state index contributed by atoms with van der Waals surface area (Å²) in [6.45, 7) is 8.74. The molecule has 1 aromatic carbocycles. The van der Waals surface area contributed by atoms with Crippen molar-refractivity contribution in [3.63, 3.8) is 0 Å². The van der Waals surface area contributed by atoms with Gasteiger partial charge in [0.1, 0.15) is 5.60 Å². The third-order valence-corrected chi connectivity index (χ3v) is 4.77. The van der Waals surface area contributed by atoms with E-state index in [2.05, 4.69) is 0 Å². The third-order valence-electron chi connectivity index (χ3n) is 4.53. The van der Waals surface area contributed by atoms with Crippen molar-refractivity contribution in [1.29, 1.82) is 0 Å². The van der Waals surface area contributed by atoms with Crippen molar-refractivity contribution in [2.24, 2.45) is 0 Å². The van der Waals surface area contributed by atoms with E-state index in [0.717, 1.165) is 5.56 Å². The predicted octanol–water partition coefficient (Wildman–Crippen LogP) is 4.73. The van der Waals surface area contributed by atoms with Crippen molar-refractivity contribution in [3.05, 3.63) is 47.0 Å². The molecule has 1 amide bonds. The smallest absolute Gasteiger partial charge is 0.410 e. The predicted molar refractivity (Wildman–Crippen MR) is 106 cm³/mol. The largest absolute Gasteiger partial charge is 0.463 e. The van der Waals surface area contributed by atoms with E-state index >= 15 is 0 Å². The lowest BCUT2D eigenvalue weighted by molar-refractivity contribution is -0.137. The average molecular weight is 394 g/mol. The quantitative estimate of drug-likeness (QED) is 0.548. The SMILES string of the molecule is CCOC(=O)/C=C/C1(c2cccc(Cl)c2)CCN(C(=O)OC(C)(C)C)CC1. The Bertz CT molecular complexity index is 700. The Morgan fingerprint density at radius 1 is 1.26 bits per heavy atom. The maximum absolute atomic E-state index is 12.4. The van der Waals surface area contributed by atoms with E-state index in [4.69, 9.17) is 21.1 Å². The Labute approximate surface area is 166 Å². The fourth-order valence-electron chi connectivity index (χ4n) is 3.18. The van der Waals surface area contributed by atoms with Gasteiger partial charge in [-0.25, -0.2) is 9.59 Å². The summed E-state index contributed by atoms with van der Waals surface area (Å²) in [6, 6.07) is 7.65. The molecule has 0 unspecified atom stereocenters. The van der Waals surface area contributed by atoms with Gasteiger partial charge in [0.15, 0.2) is 0 Å². The van der Waals surface area contributed by atoms with E-state index in [-0.39, 0.29) is 17.5 Å². The zero-order valence-electron chi connectivity index (χ0n) is 16.5. The number of esters is 1. The van der Waals surface area contributed by atoms with Crippen LogP contribution < -0.4 is 0 Å². The van der Waals surface area contributed by atoms with Gasteiger partial charge in [0.25, 0.3) is 0 Å². The minimum absolute atomic E-state index is 0.309. The number of likely N-dealkylation sites (tertiary alicyclic amines) is 1. The number of allylic oxidation sites excluding steroid dienone is 1. The molecule has 1 aliphatic heterocycles. The highest BCUT2D eigenvalue weighted by Crippen LogP contribution is 2.38. The summed E-state index contributed by atoms with van der Waals surface area (Å²) in [5, 5.41) is 0.644. The molecule has 6 heteroatoms. The molecule has 1 aromatic rings. The molecule has 1 fully saturated rings. The number of halogens is 1. The lowest BCUT2D eigenvalue weighted by Crippen LogP contribution is -2.46. The van der Waals surface area contributed by atoms with Crippen molar-refractivity contribution in [2.75, 3.05) is 19.7 Å². The lowest BCUT2D eigenvalue weighted by Gasteiger charge is -2.40. The Hall–Kier alpha value is -2.01. The highest BCUT2D eigenvalue weighted by molar-refractivity contribution is 6.30. The highest BCUT2D eigenvalue weighted by Gasteiger charge is 2.37. The molecular formula is C21H28ClNO4. The van der Waals surface area contributed by atoms with Crippen LogP contribution in [0.25, 0.3) is 0 Å². The summed E-state index contributed by atoms with van der Waals surface area (Å²) in [6.07, 6.45) is 4.40. The minimum Gasteiger partial charge on any atom is -0.463 e. The fourth-order valence-corrected chi connectivity index (χ4v) is 3.37. The van der Waals surface area contributed by atoms with Gasteiger partial charge in [0, 0.05) is 29.6 Å². The van der Waals surface area contributed by atoms with Gasteiger partial charge in [-0.3, -0.25) is 0 Å². The number of piperidine rings is 1. The molecule has 2 rings (SSSR count). The first-order valence-electron chi connectivity index (χ1n) is 9.25. The lowest BCUT2D eigenvalue weighted by atomic mass is 9.72. The van der Waals surface area contributed by atoms with E-state index in [9.17, 15) is 9.59 Å². The zero-order chi connectivity index (χ0) is 20.1. The Morgan fingerprint density at radius 3 is 2.48 bits per heavy atom. The van der Waals surface area contributed by atoms with Crippen LogP contribution in [-0.2, 0) is 19.7 Å². The summed E-state index contributed by atoms with van der Waals surface area (Å²) in [4.78, 5) is 25.9. The van der Waals surface area contributed by atoms with Crippen LogP contribution in [0.2, 0.25) is 5.02 Å². The second kappa shape index (κ2) is 8.79. The number of nitrogens with zero attached hydrogens (tertiary/aromatic N) is 1. The number of hydrogen-bond acceptors (Lipinski definition) is 4. The van der Waals surface area contributed by atoms with Crippen LogP contribution in [0.3, 0.4) is 0 Å². The summed E-state index contributed by atoms with van der Waals surface area (Å²) >= 11 is 6.19. The molecule has 0 aliphatic carbocycles. The van der Waals surface area contributed by atoms with Crippen molar-refractivity contribution < 1.29 is 19.1 Å². The first-order valence-corrected chi connectivity index (χ1v) is 9.63. The van der Waals surface area contributed by atoms with Crippen molar-refractivity contribution in [2.45, 2.75) is 51.6 Å². The highest BCUT2D eigenvalue weighted by atomic mass is 35.5. The summed E-state index contributed by atoms with van der Waals surface area (Å²) in [7, 11) is 0. The van der Waals surface area contributed by atoms with Crippen LogP contribution in [0.1, 0.15) is 46.1 Å². The minimum atomic E-state index is -0.525. The van der Waals surface area contributed by atoms with Gasteiger partial charge in [-0.2, -0.15) is 0 Å². The molecule has 0 spiro atoms. The fraction of sp³-hybridized carbons (Fsp3) is 0.524.